The molecule has 1 aromatic carbocycles. The van der Waals surface area contributed by atoms with Crippen molar-refractivity contribution in [3.8, 4) is 0 Å². The first-order chi connectivity index (χ1) is 11.7. The van der Waals surface area contributed by atoms with Gasteiger partial charge in [-0.3, -0.25) is 4.79 Å². The fourth-order valence-corrected chi connectivity index (χ4v) is 4.81. The van der Waals surface area contributed by atoms with Gasteiger partial charge in [0.05, 0.1) is 11.3 Å². The molecule has 0 bridgehead atoms. The molecule has 1 aliphatic rings. The minimum Gasteiger partial charge on any atom is -0.337 e. The Hall–Kier alpha value is -1.92. The monoisotopic (exact) mass is 355 g/mol. The minimum absolute atomic E-state index is 0.178. The van der Waals surface area contributed by atoms with Crippen molar-refractivity contribution in [2.24, 2.45) is 0 Å². The maximum Gasteiger partial charge on any atom is 0.233 e. The number of para-hydroxylation sites is 1. The molecule has 4 rings (SSSR count). The fraction of sp³-hybridized carbons (Fsp3) is 0.278. The molecule has 0 N–H and O–H groups in total. The number of nitrogens with zero attached hydrogens (tertiary/aromatic N) is 3. The van der Waals surface area contributed by atoms with Gasteiger partial charge in [-0.1, -0.05) is 30.0 Å². The lowest BCUT2D eigenvalue weighted by Crippen LogP contribution is -2.36. The first-order valence-electron chi connectivity index (χ1n) is 7.90. The summed E-state index contributed by atoms with van der Waals surface area (Å²) < 4.78 is 0. The van der Waals surface area contributed by atoms with Crippen molar-refractivity contribution in [1.29, 1.82) is 0 Å². The van der Waals surface area contributed by atoms with E-state index in [0.29, 0.717) is 5.75 Å². The van der Waals surface area contributed by atoms with Gasteiger partial charge in [0.1, 0.15) is 10.9 Å². The summed E-state index contributed by atoms with van der Waals surface area (Å²) in [6, 6.07) is 10.1. The first-order valence-corrected chi connectivity index (χ1v) is 9.76. The summed E-state index contributed by atoms with van der Waals surface area (Å²) in [5, 5.41) is 4.02. The van der Waals surface area contributed by atoms with Gasteiger partial charge >= 0.3 is 0 Å². The lowest BCUT2D eigenvalue weighted by atomic mass is 10.1. The summed E-state index contributed by atoms with van der Waals surface area (Å²) in [4.78, 5) is 24.9. The molecule has 0 spiro atoms. The van der Waals surface area contributed by atoms with Crippen LogP contribution in [-0.2, 0) is 17.8 Å². The van der Waals surface area contributed by atoms with Crippen molar-refractivity contribution >= 4 is 39.9 Å². The van der Waals surface area contributed by atoms with Crippen LogP contribution in [0.15, 0.2) is 40.7 Å². The van der Waals surface area contributed by atoms with Gasteiger partial charge in [0.25, 0.3) is 0 Å². The van der Waals surface area contributed by atoms with Gasteiger partial charge in [0, 0.05) is 23.4 Å². The van der Waals surface area contributed by atoms with Crippen LogP contribution < -0.4 is 0 Å². The molecule has 0 fully saturated rings. The van der Waals surface area contributed by atoms with Crippen LogP contribution in [0.4, 0.5) is 0 Å². The zero-order valence-corrected chi connectivity index (χ0v) is 15.0. The number of amides is 1. The van der Waals surface area contributed by atoms with Gasteiger partial charge in [0.15, 0.2) is 0 Å². The summed E-state index contributed by atoms with van der Waals surface area (Å²) in [5.41, 5.74) is 2.23. The Kier molecular flexibility index (Phi) is 4.24. The van der Waals surface area contributed by atoms with Crippen LogP contribution in [0.2, 0.25) is 0 Å². The van der Waals surface area contributed by atoms with E-state index < -0.39 is 0 Å². The predicted molar refractivity (Wildman–Crippen MR) is 98.4 cm³/mol. The topological polar surface area (TPSA) is 46.1 Å². The van der Waals surface area contributed by atoms with E-state index in [4.69, 9.17) is 0 Å². The Balaban J connectivity index is 1.48. The molecule has 1 amide bonds. The Morgan fingerprint density at radius 2 is 2.17 bits per heavy atom. The SMILES string of the molecule is Cc1nc(SCC(=O)N2CCc3sccc3C2)c2ccccc2n1. The molecule has 0 saturated heterocycles. The quantitative estimate of drug-likeness (QED) is 0.531. The molecule has 0 radical (unpaired) electrons. The average molecular weight is 355 g/mol. The average Bonchev–Trinajstić information content (AvgIpc) is 3.06. The number of aromatic nitrogens is 2. The highest BCUT2D eigenvalue weighted by molar-refractivity contribution is 8.00. The fourth-order valence-electron chi connectivity index (χ4n) is 2.95. The van der Waals surface area contributed by atoms with E-state index in [1.54, 1.807) is 11.3 Å². The van der Waals surface area contributed by atoms with E-state index >= 15 is 0 Å². The maximum atomic E-state index is 12.6. The summed E-state index contributed by atoms with van der Waals surface area (Å²) in [6.07, 6.45) is 0.971. The Morgan fingerprint density at radius 3 is 3.08 bits per heavy atom. The van der Waals surface area contributed by atoms with E-state index in [9.17, 15) is 4.79 Å². The molecule has 3 heterocycles. The zero-order valence-electron chi connectivity index (χ0n) is 13.4. The number of aryl methyl sites for hydroxylation is 1. The molecule has 0 aliphatic carbocycles. The van der Waals surface area contributed by atoms with Gasteiger partial charge in [-0.15, -0.1) is 11.3 Å². The van der Waals surface area contributed by atoms with Crippen molar-refractivity contribution < 1.29 is 4.79 Å². The number of hydrogen-bond donors (Lipinski definition) is 0. The highest BCUT2D eigenvalue weighted by Gasteiger charge is 2.21. The molecule has 122 valence electrons. The normalized spacial score (nSPS) is 14.0. The molecular weight excluding hydrogens is 338 g/mol. The summed E-state index contributed by atoms with van der Waals surface area (Å²) in [7, 11) is 0. The third kappa shape index (κ3) is 3.03. The highest BCUT2D eigenvalue weighted by atomic mass is 32.2. The summed E-state index contributed by atoms with van der Waals surface area (Å²) in [5.74, 6) is 1.33. The predicted octanol–water partition coefficient (Wildman–Crippen LogP) is 3.68. The maximum absolute atomic E-state index is 12.6. The van der Waals surface area contributed by atoms with Crippen LogP contribution in [0.1, 0.15) is 16.3 Å². The van der Waals surface area contributed by atoms with Crippen LogP contribution in [0, 0.1) is 6.92 Å². The number of hydrogen-bond acceptors (Lipinski definition) is 5. The Bertz CT molecular complexity index is 906. The van der Waals surface area contributed by atoms with E-state index in [1.807, 2.05) is 36.1 Å². The van der Waals surface area contributed by atoms with Gasteiger partial charge in [-0.25, -0.2) is 9.97 Å². The van der Waals surface area contributed by atoms with Crippen molar-refractivity contribution in [1.82, 2.24) is 14.9 Å². The van der Waals surface area contributed by atoms with E-state index in [0.717, 1.165) is 41.3 Å². The lowest BCUT2D eigenvalue weighted by Gasteiger charge is -2.26. The second kappa shape index (κ2) is 6.53. The van der Waals surface area contributed by atoms with Crippen LogP contribution >= 0.6 is 23.1 Å². The standard InChI is InChI=1S/C18H17N3OS2/c1-12-19-15-5-3-2-4-14(15)18(20-12)24-11-17(22)21-8-6-16-13(10-21)7-9-23-16/h2-5,7,9H,6,8,10-11H2,1H3. The largest absolute Gasteiger partial charge is 0.337 e. The van der Waals surface area contributed by atoms with Crippen LogP contribution in [0.25, 0.3) is 10.9 Å². The van der Waals surface area contributed by atoms with Crippen molar-refractivity contribution in [3.05, 3.63) is 52.0 Å². The van der Waals surface area contributed by atoms with E-state index in [1.165, 1.54) is 22.2 Å². The van der Waals surface area contributed by atoms with Crippen molar-refractivity contribution in [3.63, 3.8) is 0 Å². The van der Waals surface area contributed by atoms with Gasteiger partial charge < -0.3 is 4.90 Å². The number of benzene rings is 1. The van der Waals surface area contributed by atoms with Crippen molar-refractivity contribution in [2.75, 3.05) is 12.3 Å². The highest BCUT2D eigenvalue weighted by Crippen LogP contribution is 2.27. The lowest BCUT2D eigenvalue weighted by molar-refractivity contribution is -0.129. The third-order valence-electron chi connectivity index (χ3n) is 4.17. The number of rotatable bonds is 3. The second-order valence-electron chi connectivity index (χ2n) is 5.82. The summed E-state index contributed by atoms with van der Waals surface area (Å²) in [6.45, 7) is 3.44. The van der Waals surface area contributed by atoms with Crippen LogP contribution in [0.3, 0.4) is 0 Å². The van der Waals surface area contributed by atoms with Gasteiger partial charge in [-0.05, 0) is 36.4 Å². The van der Waals surface area contributed by atoms with Crippen LogP contribution in [0.5, 0.6) is 0 Å². The molecule has 2 aromatic heterocycles. The zero-order chi connectivity index (χ0) is 16.5. The molecule has 3 aromatic rings. The number of thiophene rings is 1. The summed E-state index contributed by atoms with van der Waals surface area (Å²) >= 11 is 3.30. The molecular formula is C18H17N3OS2. The van der Waals surface area contributed by atoms with Gasteiger partial charge in [0.2, 0.25) is 5.91 Å². The molecule has 4 nitrogen and oxygen atoms in total. The number of thioether (sulfide) groups is 1. The van der Waals surface area contributed by atoms with E-state index in [2.05, 4.69) is 21.4 Å². The smallest absolute Gasteiger partial charge is 0.233 e. The van der Waals surface area contributed by atoms with Gasteiger partial charge in [-0.2, -0.15) is 0 Å². The van der Waals surface area contributed by atoms with Crippen molar-refractivity contribution in [2.45, 2.75) is 24.9 Å². The number of carbonyl (C=O) groups is 1. The van der Waals surface area contributed by atoms with Crippen LogP contribution in [-0.4, -0.2) is 33.1 Å². The van der Waals surface area contributed by atoms with E-state index in [-0.39, 0.29) is 5.91 Å². The first kappa shape index (κ1) is 15.6. The molecule has 0 saturated carbocycles. The third-order valence-corrected chi connectivity index (χ3v) is 6.17. The Morgan fingerprint density at radius 1 is 1.29 bits per heavy atom. The molecule has 0 atom stereocenters. The molecule has 1 aliphatic heterocycles. The number of fused-ring (bicyclic) bond motifs is 2. The second-order valence-corrected chi connectivity index (χ2v) is 7.78. The molecule has 0 unspecified atom stereocenters. The minimum atomic E-state index is 0.178. The molecule has 24 heavy (non-hydrogen) atoms. The molecule has 6 heteroatoms. The Labute approximate surface area is 148 Å². The number of carbonyl (C=O) groups excluding carboxylic acids is 1.